The highest BCUT2D eigenvalue weighted by Crippen LogP contribution is 2.22. The summed E-state index contributed by atoms with van der Waals surface area (Å²) in [5.74, 6) is -1.14. The Labute approximate surface area is 108 Å². The number of nitrogens with zero attached hydrogens (tertiary/aromatic N) is 4. The van der Waals surface area contributed by atoms with E-state index in [-0.39, 0.29) is 0 Å². The van der Waals surface area contributed by atoms with Gasteiger partial charge in [-0.05, 0) is 42.0 Å². The van der Waals surface area contributed by atoms with E-state index in [2.05, 4.69) is 15.5 Å². The van der Waals surface area contributed by atoms with Crippen molar-refractivity contribution in [3.05, 3.63) is 29.8 Å². The van der Waals surface area contributed by atoms with Gasteiger partial charge in [-0.2, -0.15) is 4.68 Å². The molecule has 1 aromatic carbocycles. The average molecular weight is 263 g/mol. The zero-order chi connectivity index (χ0) is 13.1. The molecule has 0 aliphatic carbocycles. The highest BCUT2D eigenvalue weighted by molar-refractivity contribution is 8.00. The maximum atomic E-state index is 10.7. The molecule has 6 nitrogen and oxygen atoms in total. The van der Waals surface area contributed by atoms with Gasteiger partial charge in [0.15, 0.2) is 0 Å². The highest BCUT2D eigenvalue weighted by atomic mass is 32.2. The van der Waals surface area contributed by atoms with Crippen LogP contribution in [0.2, 0.25) is 0 Å². The zero-order valence-electron chi connectivity index (χ0n) is 9.90. The molecular formula is C11H11N4O2S-. The molecule has 94 valence electrons. The molecule has 0 amide bonds. The molecule has 0 saturated carbocycles. The van der Waals surface area contributed by atoms with Gasteiger partial charge in [0.25, 0.3) is 0 Å². The van der Waals surface area contributed by atoms with Gasteiger partial charge in [0.1, 0.15) is 0 Å². The van der Waals surface area contributed by atoms with E-state index in [4.69, 9.17) is 0 Å². The van der Waals surface area contributed by atoms with Gasteiger partial charge in [-0.25, -0.2) is 0 Å². The first kappa shape index (κ1) is 12.6. The van der Waals surface area contributed by atoms with Crippen molar-refractivity contribution in [1.29, 1.82) is 0 Å². The second-order valence-electron chi connectivity index (χ2n) is 3.79. The SMILES string of the molecule is Cc1cccc(-n2nnnc2S[C@@H](C)C(=O)[O-])c1. The fourth-order valence-corrected chi connectivity index (χ4v) is 2.12. The second-order valence-corrected chi connectivity index (χ2v) is 5.10. The van der Waals surface area contributed by atoms with Crippen molar-refractivity contribution in [2.75, 3.05) is 0 Å². The smallest absolute Gasteiger partial charge is 0.214 e. The topological polar surface area (TPSA) is 83.7 Å². The molecule has 0 fully saturated rings. The van der Waals surface area contributed by atoms with Crippen molar-refractivity contribution in [3.8, 4) is 5.69 Å². The van der Waals surface area contributed by atoms with Gasteiger partial charge >= 0.3 is 0 Å². The second kappa shape index (κ2) is 5.18. The van der Waals surface area contributed by atoms with Crippen LogP contribution in [-0.2, 0) is 4.79 Å². The van der Waals surface area contributed by atoms with Crippen LogP contribution < -0.4 is 5.11 Å². The molecule has 1 aromatic heterocycles. The summed E-state index contributed by atoms with van der Waals surface area (Å²) in [6.45, 7) is 3.50. The monoisotopic (exact) mass is 263 g/mol. The number of aryl methyl sites for hydroxylation is 1. The van der Waals surface area contributed by atoms with Crippen LogP contribution in [0.3, 0.4) is 0 Å². The van der Waals surface area contributed by atoms with Crippen LogP contribution in [0.25, 0.3) is 5.69 Å². The number of thioether (sulfide) groups is 1. The molecule has 7 heteroatoms. The largest absolute Gasteiger partial charge is 0.549 e. The third-order valence-corrected chi connectivity index (χ3v) is 3.31. The van der Waals surface area contributed by atoms with Gasteiger partial charge in [-0.3, -0.25) is 0 Å². The number of aromatic nitrogens is 4. The lowest BCUT2D eigenvalue weighted by atomic mass is 10.2. The Balaban J connectivity index is 2.30. The lowest BCUT2D eigenvalue weighted by molar-refractivity contribution is -0.304. The summed E-state index contributed by atoms with van der Waals surface area (Å²) in [5, 5.41) is 21.7. The summed E-state index contributed by atoms with van der Waals surface area (Å²) in [7, 11) is 0. The minimum Gasteiger partial charge on any atom is -0.549 e. The van der Waals surface area contributed by atoms with Gasteiger partial charge in [-0.15, -0.1) is 5.10 Å². The third kappa shape index (κ3) is 2.67. The molecule has 1 heterocycles. The fraction of sp³-hybridized carbons (Fsp3) is 0.273. The standard InChI is InChI=1S/C11H12N4O2S/c1-7-4-3-5-9(6-7)15-11(12-13-14-15)18-8(2)10(16)17/h3-6,8H,1-2H3,(H,16,17)/p-1/t8-/m0/s1. The van der Waals surface area contributed by atoms with Crippen LogP contribution in [0.4, 0.5) is 0 Å². The number of rotatable bonds is 4. The number of carboxylic acid groups (broad SMARTS) is 1. The quantitative estimate of drug-likeness (QED) is 0.733. The van der Waals surface area contributed by atoms with Crippen molar-refractivity contribution in [3.63, 3.8) is 0 Å². The van der Waals surface area contributed by atoms with Gasteiger partial charge in [0.05, 0.1) is 11.7 Å². The van der Waals surface area contributed by atoms with Crippen LogP contribution in [0.5, 0.6) is 0 Å². The van der Waals surface area contributed by atoms with Gasteiger partial charge in [0, 0.05) is 5.25 Å². The lowest BCUT2D eigenvalue weighted by Gasteiger charge is -2.11. The van der Waals surface area contributed by atoms with E-state index < -0.39 is 11.2 Å². The molecule has 0 N–H and O–H groups in total. The number of tetrazole rings is 1. The highest BCUT2D eigenvalue weighted by Gasteiger charge is 2.13. The average Bonchev–Trinajstić information content (AvgIpc) is 2.77. The summed E-state index contributed by atoms with van der Waals surface area (Å²) in [6.07, 6.45) is 0. The Hall–Kier alpha value is -1.89. The predicted octanol–water partition coefficient (Wildman–Crippen LogP) is 0.201. The van der Waals surface area contributed by atoms with Crippen LogP contribution in [0.15, 0.2) is 29.4 Å². The van der Waals surface area contributed by atoms with Crippen LogP contribution in [-0.4, -0.2) is 31.4 Å². The normalized spacial score (nSPS) is 12.3. The number of hydrogen-bond acceptors (Lipinski definition) is 6. The van der Waals surface area contributed by atoms with E-state index in [0.717, 1.165) is 23.0 Å². The van der Waals surface area contributed by atoms with Gasteiger partial charge in [0.2, 0.25) is 5.16 Å². The molecule has 2 aromatic rings. The van der Waals surface area contributed by atoms with Crippen molar-refractivity contribution < 1.29 is 9.90 Å². The number of carboxylic acids is 1. The van der Waals surface area contributed by atoms with E-state index in [1.807, 2.05) is 31.2 Å². The molecule has 0 saturated heterocycles. The van der Waals surface area contributed by atoms with Crippen LogP contribution in [0.1, 0.15) is 12.5 Å². The molecule has 0 aliphatic rings. The maximum absolute atomic E-state index is 10.7. The molecule has 18 heavy (non-hydrogen) atoms. The van der Waals surface area contributed by atoms with Crippen LogP contribution in [0, 0.1) is 6.92 Å². The minimum atomic E-state index is -1.14. The fourth-order valence-electron chi connectivity index (χ4n) is 1.38. The third-order valence-electron chi connectivity index (χ3n) is 2.30. The molecule has 0 bridgehead atoms. The van der Waals surface area contributed by atoms with Crippen molar-refractivity contribution in [2.45, 2.75) is 24.3 Å². The zero-order valence-corrected chi connectivity index (χ0v) is 10.7. The molecule has 0 aliphatic heterocycles. The maximum Gasteiger partial charge on any atom is 0.214 e. The van der Waals surface area contributed by atoms with Crippen molar-refractivity contribution >= 4 is 17.7 Å². The molecule has 0 radical (unpaired) electrons. The molecule has 0 unspecified atom stereocenters. The molecular weight excluding hydrogens is 252 g/mol. The van der Waals surface area contributed by atoms with E-state index in [9.17, 15) is 9.90 Å². The van der Waals surface area contributed by atoms with E-state index in [1.165, 1.54) is 11.6 Å². The number of aliphatic carboxylic acids is 1. The number of hydrogen-bond donors (Lipinski definition) is 0. The summed E-state index contributed by atoms with van der Waals surface area (Å²) < 4.78 is 1.51. The van der Waals surface area contributed by atoms with Gasteiger partial charge < -0.3 is 9.90 Å². The van der Waals surface area contributed by atoms with E-state index >= 15 is 0 Å². The first-order valence-electron chi connectivity index (χ1n) is 5.31. The Morgan fingerprint density at radius 2 is 2.28 bits per heavy atom. The predicted molar refractivity (Wildman–Crippen MR) is 64.2 cm³/mol. The summed E-state index contributed by atoms with van der Waals surface area (Å²) >= 11 is 1.05. The van der Waals surface area contributed by atoms with Crippen molar-refractivity contribution in [2.24, 2.45) is 0 Å². The Morgan fingerprint density at radius 1 is 1.50 bits per heavy atom. The molecule has 1 atom stereocenters. The first-order valence-corrected chi connectivity index (χ1v) is 6.19. The Bertz CT molecular complexity index is 570. The molecule has 0 spiro atoms. The number of carbonyl (C=O) groups is 1. The molecule has 2 rings (SSSR count). The van der Waals surface area contributed by atoms with Crippen LogP contribution >= 0.6 is 11.8 Å². The Kier molecular flexibility index (Phi) is 3.61. The lowest BCUT2D eigenvalue weighted by Crippen LogP contribution is -2.31. The first-order chi connectivity index (χ1) is 8.58. The van der Waals surface area contributed by atoms with Gasteiger partial charge in [-0.1, -0.05) is 23.9 Å². The van der Waals surface area contributed by atoms with Crippen molar-refractivity contribution in [1.82, 2.24) is 20.2 Å². The van der Waals surface area contributed by atoms with E-state index in [0.29, 0.717) is 5.16 Å². The number of carbonyl (C=O) groups excluding carboxylic acids is 1. The summed E-state index contributed by atoms with van der Waals surface area (Å²) in [6, 6.07) is 7.63. The minimum absolute atomic E-state index is 0.428. The Morgan fingerprint density at radius 3 is 2.94 bits per heavy atom. The summed E-state index contributed by atoms with van der Waals surface area (Å²) in [5.41, 5.74) is 1.87. The van der Waals surface area contributed by atoms with E-state index in [1.54, 1.807) is 0 Å². The number of benzene rings is 1. The summed E-state index contributed by atoms with van der Waals surface area (Å²) in [4.78, 5) is 10.7.